The van der Waals surface area contributed by atoms with Gasteiger partial charge in [0.05, 0.1) is 18.1 Å². The van der Waals surface area contributed by atoms with Crippen molar-refractivity contribution in [2.24, 2.45) is 0 Å². The van der Waals surface area contributed by atoms with Crippen LogP contribution in [0.4, 0.5) is 0 Å². The number of hydrogen-bond donors (Lipinski definition) is 3. The molecule has 1 unspecified atom stereocenters. The van der Waals surface area contributed by atoms with E-state index in [0.717, 1.165) is 6.08 Å². The van der Waals surface area contributed by atoms with Crippen molar-refractivity contribution >= 4 is 17.5 Å². The van der Waals surface area contributed by atoms with Gasteiger partial charge in [0.1, 0.15) is 5.75 Å². The lowest BCUT2D eigenvalue weighted by Gasteiger charge is -2.17. The fourth-order valence-corrected chi connectivity index (χ4v) is 2.14. The van der Waals surface area contributed by atoms with Gasteiger partial charge in [0.15, 0.2) is 11.6 Å². The number of aliphatic carboxylic acids is 1. The largest absolute Gasteiger partial charge is 0.507 e. The second kappa shape index (κ2) is 5.26. The molecule has 6 nitrogen and oxygen atoms in total. The molecule has 1 aliphatic rings. The van der Waals surface area contributed by atoms with Gasteiger partial charge in [-0.25, -0.2) is 0 Å². The molecule has 0 heterocycles. The summed E-state index contributed by atoms with van der Waals surface area (Å²) >= 11 is 0. The zero-order chi connectivity index (χ0) is 14.9. The number of benzene rings is 1. The first-order valence-corrected chi connectivity index (χ1v) is 5.91. The minimum Gasteiger partial charge on any atom is -0.507 e. The molecule has 6 heteroatoms. The lowest BCUT2D eigenvalue weighted by Crippen LogP contribution is -2.22. The molecule has 3 N–H and O–H groups in total. The fraction of sp³-hybridized carbons (Fsp3) is 0.214. The van der Waals surface area contributed by atoms with Gasteiger partial charge in [-0.3, -0.25) is 14.4 Å². The molecule has 2 rings (SSSR count). The summed E-state index contributed by atoms with van der Waals surface area (Å²) in [5, 5.41) is 27.7. The lowest BCUT2D eigenvalue weighted by atomic mass is 9.86. The van der Waals surface area contributed by atoms with Crippen LogP contribution in [0.15, 0.2) is 29.8 Å². The monoisotopic (exact) mass is 276 g/mol. The predicted octanol–water partition coefficient (Wildman–Crippen LogP) is 0.923. The number of carbonyl (C=O) groups is 3. The molecule has 1 aromatic carbocycles. The Morgan fingerprint density at radius 3 is 2.60 bits per heavy atom. The number of carboxylic acids is 1. The van der Waals surface area contributed by atoms with Crippen LogP contribution in [-0.4, -0.2) is 39.0 Å². The maximum Gasteiger partial charge on any atom is 0.305 e. The number of rotatable bonds is 4. The smallest absolute Gasteiger partial charge is 0.305 e. The molecule has 0 fully saturated rings. The zero-order valence-electron chi connectivity index (χ0n) is 10.4. The Morgan fingerprint density at radius 2 is 1.95 bits per heavy atom. The summed E-state index contributed by atoms with van der Waals surface area (Å²) in [7, 11) is 0. The van der Waals surface area contributed by atoms with Crippen molar-refractivity contribution in [2.75, 3.05) is 0 Å². The zero-order valence-corrected chi connectivity index (χ0v) is 10.4. The van der Waals surface area contributed by atoms with E-state index >= 15 is 0 Å². The Bertz CT molecular complexity index is 629. The summed E-state index contributed by atoms with van der Waals surface area (Å²) in [4.78, 5) is 34.5. The average molecular weight is 276 g/mol. The maximum atomic E-state index is 12.1. The number of aliphatic hydroxyl groups is 1. The third-order valence-corrected chi connectivity index (χ3v) is 3.00. The highest BCUT2D eigenvalue weighted by atomic mass is 16.4. The molecule has 104 valence electrons. The first kappa shape index (κ1) is 14.0. The number of Topliss-reactive ketones (excluding diaryl/α,β-unsaturated/α-hetero) is 1. The van der Waals surface area contributed by atoms with Gasteiger partial charge in [0.25, 0.3) is 0 Å². The number of fused-ring (bicyclic) bond motifs is 1. The van der Waals surface area contributed by atoms with Crippen LogP contribution in [0.2, 0.25) is 0 Å². The SMILES string of the molecule is O=C(O)CC(O)CC1=CC(=O)c2c(O)cccc2C1=O. The molecule has 0 saturated heterocycles. The van der Waals surface area contributed by atoms with Crippen LogP contribution in [0, 0.1) is 0 Å². The van der Waals surface area contributed by atoms with Gasteiger partial charge in [-0.2, -0.15) is 0 Å². The van der Waals surface area contributed by atoms with Gasteiger partial charge >= 0.3 is 5.97 Å². The highest BCUT2D eigenvalue weighted by molar-refractivity contribution is 6.25. The summed E-state index contributed by atoms with van der Waals surface area (Å²) in [6.45, 7) is 0. The van der Waals surface area contributed by atoms with Crippen LogP contribution in [0.25, 0.3) is 0 Å². The van der Waals surface area contributed by atoms with Crippen LogP contribution in [0.3, 0.4) is 0 Å². The van der Waals surface area contributed by atoms with Crippen LogP contribution in [0.1, 0.15) is 33.6 Å². The summed E-state index contributed by atoms with van der Waals surface area (Å²) in [6.07, 6.45) is -0.929. The molecular weight excluding hydrogens is 264 g/mol. The molecular formula is C14H12O6. The molecule has 20 heavy (non-hydrogen) atoms. The van der Waals surface area contributed by atoms with Crippen LogP contribution >= 0.6 is 0 Å². The maximum absolute atomic E-state index is 12.1. The van der Waals surface area contributed by atoms with Gasteiger partial charge in [-0.05, 0) is 12.1 Å². The number of hydrogen-bond acceptors (Lipinski definition) is 5. The Morgan fingerprint density at radius 1 is 1.25 bits per heavy atom. The average Bonchev–Trinajstić information content (AvgIpc) is 2.34. The number of aliphatic hydroxyl groups excluding tert-OH is 1. The van der Waals surface area contributed by atoms with E-state index in [2.05, 4.69) is 0 Å². The van der Waals surface area contributed by atoms with Crippen molar-refractivity contribution in [3.8, 4) is 5.75 Å². The Labute approximate surface area is 114 Å². The molecule has 1 aliphatic carbocycles. The highest BCUT2D eigenvalue weighted by Crippen LogP contribution is 2.30. The standard InChI is InChI=1S/C14H12O6/c15-8(6-12(18)19)4-7-5-11(17)13-9(14(7)20)2-1-3-10(13)16/h1-3,5,8,15-16H,4,6H2,(H,18,19). The second-order valence-corrected chi connectivity index (χ2v) is 4.52. The molecule has 0 aromatic heterocycles. The van der Waals surface area contributed by atoms with E-state index < -0.39 is 30.1 Å². The molecule has 0 amide bonds. The number of ketones is 2. The summed E-state index contributed by atoms with van der Waals surface area (Å²) in [5.74, 6) is -2.48. The van der Waals surface area contributed by atoms with Gasteiger partial charge in [-0.15, -0.1) is 0 Å². The van der Waals surface area contributed by atoms with Gasteiger partial charge in [0.2, 0.25) is 0 Å². The van der Waals surface area contributed by atoms with E-state index in [1.54, 1.807) is 0 Å². The number of phenols is 1. The number of phenolic OH excluding ortho intramolecular Hbond substituents is 1. The van der Waals surface area contributed by atoms with E-state index in [1.165, 1.54) is 18.2 Å². The first-order chi connectivity index (χ1) is 9.40. The van der Waals surface area contributed by atoms with Crippen molar-refractivity contribution in [2.45, 2.75) is 18.9 Å². The minimum absolute atomic E-state index is 0.0434. The molecule has 1 aromatic rings. The van der Waals surface area contributed by atoms with Crippen molar-refractivity contribution < 1.29 is 29.7 Å². The molecule has 0 saturated carbocycles. The van der Waals surface area contributed by atoms with Gasteiger partial charge < -0.3 is 15.3 Å². The van der Waals surface area contributed by atoms with Crippen molar-refractivity contribution in [1.82, 2.24) is 0 Å². The number of allylic oxidation sites excluding steroid dienone is 1. The molecule has 0 bridgehead atoms. The van der Waals surface area contributed by atoms with E-state index in [0.29, 0.717) is 0 Å². The Kier molecular flexibility index (Phi) is 3.67. The summed E-state index contributed by atoms with van der Waals surface area (Å²) < 4.78 is 0. The van der Waals surface area contributed by atoms with E-state index in [4.69, 9.17) is 5.11 Å². The van der Waals surface area contributed by atoms with Gasteiger partial charge in [0, 0.05) is 17.6 Å². The number of carboxylic acid groups (broad SMARTS) is 1. The number of aromatic hydroxyl groups is 1. The highest BCUT2D eigenvalue weighted by Gasteiger charge is 2.29. The lowest BCUT2D eigenvalue weighted by molar-refractivity contribution is -0.139. The summed E-state index contributed by atoms with van der Waals surface area (Å²) in [6, 6.07) is 4.16. The van der Waals surface area contributed by atoms with Crippen molar-refractivity contribution in [3.05, 3.63) is 41.0 Å². The predicted molar refractivity (Wildman–Crippen MR) is 67.7 cm³/mol. The molecule has 0 radical (unpaired) electrons. The van der Waals surface area contributed by atoms with Crippen molar-refractivity contribution in [3.63, 3.8) is 0 Å². The quantitative estimate of drug-likeness (QED) is 0.754. The molecule has 0 aliphatic heterocycles. The molecule has 0 spiro atoms. The molecule has 1 atom stereocenters. The van der Waals surface area contributed by atoms with Crippen LogP contribution < -0.4 is 0 Å². The third kappa shape index (κ3) is 2.60. The third-order valence-electron chi connectivity index (χ3n) is 3.00. The minimum atomic E-state index is -1.24. The van der Waals surface area contributed by atoms with E-state index in [-0.39, 0.29) is 28.9 Å². The Balaban J connectivity index is 2.29. The first-order valence-electron chi connectivity index (χ1n) is 5.91. The van der Waals surface area contributed by atoms with E-state index in [1.807, 2.05) is 0 Å². The topological polar surface area (TPSA) is 112 Å². The summed E-state index contributed by atoms with van der Waals surface area (Å²) in [5.41, 5.74) is 0.0471. The Hall–Kier alpha value is -2.47. The van der Waals surface area contributed by atoms with Gasteiger partial charge in [-0.1, -0.05) is 12.1 Å². The van der Waals surface area contributed by atoms with Crippen molar-refractivity contribution in [1.29, 1.82) is 0 Å². The van der Waals surface area contributed by atoms with Crippen LogP contribution in [-0.2, 0) is 4.79 Å². The number of carbonyl (C=O) groups excluding carboxylic acids is 2. The fourth-order valence-electron chi connectivity index (χ4n) is 2.14. The normalized spacial score (nSPS) is 15.6. The van der Waals surface area contributed by atoms with Crippen LogP contribution in [0.5, 0.6) is 5.75 Å². The second-order valence-electron chi connectivity index (χ2n) is 4.52. The van der Waals surface area contributed by atoms with E-state index in [9.17, 15) is 24.6 Å².